The van der Waals surface area contributed by atoms with Gasteiger partial charge in [-0.25, -0.2) is 4.79 Å². The van der Waals surface area contributed by atoms with E-state index in [0.29, 0.717) is 17.5 Å². The van der Waals surface area contributed by atoms with Gasteiger partial charge in [0.1, 0.15) is 11.6 Å². The average molecular weight is 473 g/mol. The molecule has 11 heteroatoms. The van der Waals surface area contributed by atoms with Crippen LogP contribution in [0.25, 0.3) is 17.0 Å². The average Bonchev–Trinajstić information content (AvgIpc) is 3.02. The minimum absolute atomic E-state index is 0.0322. The van der Waals surface area contributed by atoms with Crippen LogP contribution < -0.4 is 0 Å². The highest BCUT2D eigenvalue weighted by Gasteiger charge is 2.37. The predicted octanol–water partition coefficient (Wildman–Crippen LogP) is 6.37. The van der Waals surface area contributed by atoms with Crippen LogP contribution in [0.3, 0.4) is 0 Å². The van der Waals surface area contributed by atoms with Crippen molar-refractivity contribution in [3.05, 3.63) is 75.4 Å². The highest BCUT2D eigenvalue weighted by Crippen LogP contribution is 2.37. The maximum Gasteiger partial charge on any atom is 0.416 e. The molecule has 2 aromatic carbocycles. The number of nitrogens with zero attached hydrogens (tertiary/aromatic N) is 2. The molecule has 0 aliphatic heterocycles. The highest BCUT2D eigenvalue weighted by molar-refractivity contribution is 6.35. The molecule has 0 amide bonds. The Labute approximate surface area is 181 Å². The first-order valence-corrected chi connectivity index (χ1v) is 9.10. The van der Waals surface area contributed by atoms with E-state index in [1.165, 1.54) is 35.0 Å². The van der Waals surface area contributed by atoms with Crippen LogP contribution in [0.15, 0.2) is 48.2 Å². The number of hydrogen-bond acceptors (Lipinski definition) is 2. The lowest BCUT2D eigenvalue weighted by atomic mass is 10.0. The fourth-order valence-corrected chi connectivity index (χ4v) is 3.47. The molecule has 0 aliphatic rings. The maximum absolute atomic E-state index is 13.2. The molecular weight excluding hydrogens is 462 g/mol. The zero-order valence-corrected chi connectivity index (χ0v) is 16.5. The Hall–Kier alpha value is -3.45. The number of para-hydroxylation sites is 1. The number of rotatable bonds is 4. The number of benzene rings is 2. The van der Waals surface area contributed by atoms with Gasteiger partial charge in [-0.2, -0.15) is 31.6 Å². The normalized spacial score (nSPS) is 12.8. The van der Waals surface area contributed by atoms with Crippen LogP contribution in [0.5, 0.6) is 0 Å². The lowest BCUT2D eigenvalue weighted by Gasteiger charge is -2.15. The fraction of sp³-hybridized carbons (Fsp3) is 0.143. The van der Waals surface area contributed by atoms with E-state index in [2.05, 4.69) is 0 Å². The third-order valence-electron chi connectivity index (χ3n) is 4.53. The summed E-state index contributed by atoms with van der Waals surface area (Å²) >= 11 is 6.20. The summed E-state index contributed by atoms with van der Waals surface area (Å²) in [5.41, 5.74) is -3.34. The Morgan fingerprint density at radius 1 is 1.09 bits per heavy atom. The van der Waals surface area contributed by atoms with Crippen molar-refractivity contribution in [1.29, 1.82) is 5.26 Å². The first kappa shape index (κ1) is 23.2. The van der Waals surface area contributed by atoms with Gasteiger partial charge >= 0.3 is 18.3 Å². The van der Waals surface area contributed by atoms with E-state index in [-0.39, 0.29) is 27.7 Å². The monoisotopic (exact) mass is 472 g/mol. The number of carboxylic acids is 1. The second kappa shape index (κ2) is 8.24. The van der Waals surface area contributed by atoms with Gasteiger partial charge in [0, 0.05) is 23.7 Å². The van der Waals surface area contributed by atoms with Crippen LogP contribution in [-0.4, -0.2) is 15.6 Å². The molecule has 0 spiro atoms. The molecule has 4 nitrogen and oxygen atoms in total. The Morgan fingerprint density at radius 3 is 2.19 bits per heavy atom. The number of carboxylic acid groups (broad SMARTS) is 1. The molecule has 0 bridgehead atoms. The van der Waals surface area contributed by atoms with Crippen LogP contribution in [-0.2, 0) is 23.7 Å². The molecule has 0 saturated heterocycles. The van der Waals surface area contributed by atoms with E-state index in [1.54, 1.807) is 0 Å². The summed E-state index contributed by atoms with van der Waals surface area (Å²) in [6, 6.07) is 7.27. The van der Waals surface area contributed by atoms with Crippen molar-refractivity contribution in [2.75, 3.05) is 0 Å². The number of fused-ring (bicyclic) bond motifs is 1. The van der Waals surface area contributed by atoms with Crippen LogP contribution in [0.4, 0.5) is 26.3 Å². The maximum atomic E-state index is 13.2. The van der Waals surface area contributed by atoms with Crippen LogP contribution >= 0.6 is 11.6 Å². The molecule has 3 aromatic rings. The van der Waals surface area contributed by atoms with Crippen molar-refractivity contribution in [3.8, 4) is 6.07 Å². The predicted molar refractivity (Wildman–Crippen MR) is 104 cm³/mol. The van der Waals surface area contributed by atoms with Gasteiger partial charge in [-0.05, 0) is 35.9 Å². The topological polar surface area (TPSA) is 66.0 Å². The molecule has 3 rings (SSSR count). The molecule has 0 unspecified atom stereocenters. The van der Waals surface area contributed by atoms with Gasteiger partial charge in [-0.15, -0.1) is 0 Å². The first-order chi connectivity index (χ1) is 14.8. The number of aromatic nitrogens is 1. The SMILES string of the molecule is N#C/C(=C\c1cn(Cc2cc(C(F)(F)F)cc(C(F)(F)F)c2)c2c(Cl)cccc12)C(=O)O. The third kappa shape index (κ3) is 4.73. The lowest BCUT2D eigenvalue weighted by Crippen LogP contribution is -2.12. The Balaban J connectivity index is 2.20. The smallest absolute Gasteiger partial charge is 0.416 e. The molecule has 0 saturated carbocycles. The third-order valence-corrected chi connectivity index (χ3v) is 4.84. The van der Waals surface area contributed by atoms with E-state index in [1.807, 2.05) is 0 Å². The Bertz CT molecular complexity index is 1250. The number of halogens is 7. The number of nitriles is 1. The molecular formula is C21H11ClF6N2O2. The minimum Gasteiger partial charge on any atom is -0.477 e. The van der Waals surface area contributed by atoms with E-state index in [9.17, 15) is 31.1 Å². The molecule has 0 atom stereocenters. The second-order valence-electron chi connectivity index (χ2n) is 6.74. The van der Waals surface area contributed by atoms with Crippen LogP contribution in [0, 0.1) is 11.3 Å². The number of alkyl halides is 6. The van der Waals surface area contributed by atoms with Crippen LogP contribution in [0.2, 0.25) is 5.02 Å². The zero-order chi connectivity index (χ0) is 23.8. The van der Waals surface area contributed by atoms with E-state index < -0.39 is 41.6 Å². The van der Waals surface area contributed by atoms with Gasteiger partial charge in [-0.3, -0.25) is 0 Å². The number of carbonyl (C=O) groups is 1. The first-order valence-electron chi connectivity index (χ1n) is 8.72. The van der Waals surface area contributed by atoms with Gasteiger partial charge in [0.15, 0.2) is 0 Å². The molecule has 166 valence electrons. The molecule has 0 radical (unpaired) electrons. The summed E-state index contributed by atoms with van der Waals surface area (Å²) in [5, 5.41) is 18.6. The summed E-state index contributed by atoms with van der Waals surface area (Å²) in [6.45, 7) is -0.421. The van der Waals surface area contributed by atoms with E-state index in [0.717, 1.165) is 6.08 Å². The van der Waals surface area contributed by atoms with Gasteiger partial charge in [-0.1, -0.05) is 23.7 Å². The van der Waals surface area contributed by atoms with Crippen molar-refractivity contribution in [3.63, 3.8) is 0 Å². The lowest BCUT2D eigenvalue weighted by molar-refractivity contribution is -0.143. The largest absolute Gasteiger partial charge is 0.477 e. The Morgan fingerprint density at radius 2 is 1.69 bits per heavy atom. The quantitative estimate of drug-likeness (QED) is 0.272. The van der Waals surface area contributed by atoms with E-state index >= 15 is 0 Å². The van der Waals surface area contributed by atoms with E-state index in [4.69, 9.17) is 22.0 Å². The molecule has 0 fully saturated rings. The highest BCUT2D eigenvalue weighted by atomic mass is 35.5. The fourth-order valence-electron chi connectivity index (χ4n) is 3.19. The van der Waals surface area contributed by atoms with Crippen molar-refractivity contribution in [1.82, 2.24) is 4.57 Å². The van der Waals surface area contributed by atoms with Crippen LogP contribution in [0.1, 0.15) is 22.3 Å². The van der Waals surface area contributed by atoms with Gasteiger partial charge in [0.05, 0.1) is 21.7 Å². The number of hydrogen-bond donors (Lipinski definition) is 1. The van der Waals surface area contributed by atoms with Gasteiger partial charge in [0.25, 0.3) is 0 Å². The second-order valence-corrected chi connectivity index (χ2v) is 7.14. The van der Waals surface area contributed by atoms with Gasteiger partial charge < -0.3 is 9.67 Å². The molecule has 1 aromatic heterocycles. The van der Waals surface area contributed by atoms with Crippen molar-refractivity contribution < 1.29 is 36.2 Å². The standard InChI is InChI=1S/C21H11ClF6N2O2/c22-17-3-1-2-16-13(6-12(8-29)19(31)32)10-30(18(16)17)9-11-4-14(20(23,24)25)7-15(5-11)21(26,27)28/h1-7,10H,9H2,(H,31,32)/b12-6+. The molecule has 0 aliphatic carbocycles. The minimum atomic E-state index is -5.00. The molecule has 1 N–H and O–H groups in total. The summed E-state index contributed by atoms with van der Waals surface area (Å²) in [6.07, 6.45) is -7.64. The summed E-state index contributed by atoms with van der Waals surface area (Å²) in [7, 11) is 0. The summed E-state index contributed by atoms with van der Waals surface area (Å²) in [4.78, 5) is 11.2. The van der Waals surface area contributed by atoms with Gasteiger partial charge in [0.2, 0.25) is 0 Å². The van der Waals surface area contributed by atoms with Crippen molar-refractivity contribution >= 4 is 34.5 Å². The van der Waals surface area contributed by atoms with Crippen molar-refractivity contribution in [2.45, 2.75) is 18.9 Å². The molecule has 32 heavy (non-hydrogen) atoms. The summed E-state index contributed by atoms with van der Waals surface area (Å²) in [5.74, 6) is -1.50. The van der Waals surface area contributed by atoms with Crippen molar-refractivity contribution in [2.24, 2.45) is 0 Å². The Kier molecular flexibility index (Phi) is 5.98. The summed E-state index contributed by atoms with van der Waals surface area (Å²) < 4.78 is 80.3. The number of aliphatic carboxylic acids is 1. The molecule has 1 heterocycles. The zero-order valence-electron chi connectivity index (χ0n) is 15.7.